The second kappa shape index (κ2) is 6.75. The van der Waals surface area contributed by atoms with Crippen molar-refractivity contribution in [1.82, 2.24) is 14.8 Å². The van der Waals surface area contributed by atoms with Crippen LogP contribution in [-0.2, 0) is 5.41 Å². The number of nitrogens with one attached hydrogen (secondary N) is 1. The van der Waals surface area contributed by atoms with Crippen LogP contribution in [0.4, 0.5) is 5.82 Å². The Balaban J connectivity index is 1.99. The van der Waals surface area contributed by atoms with E-state index in [-0.39, 0.29) is 11.3 Å². The number of nitrogens with zero attached hydrogens (tertiary/aromatic N) is 3. The highest BCUT2D eigenvalue weighted by molar-refractivity contribution is 6.04. The van der Waals surface area contributed by atoms with Gasteiger partial charge in [-0.05, 0) is 49.2 Å². The lowest BCUT2D eigenvalue weighted by molar-refractivity contribution is 0.102. The van der Waals surface area contributed by atoms with Gasteiger partial charge in [-0.3, -0.25) is 4.79 Å². The third-order valence-electron chi connectivity index (χ3n) is 4.35. The average molecular weight is 348 g/mol. The zero-order chi connectivity index (χ0) is 18.9. The first kappa shape index (κ1) is 17.9. The molecule has 26 heavy (non-hydrogen) atoms. The maximum atomic E-state index is 12.7. The second-order valence-electron chi connectivity index (χ2n) is 7.52. The molecule has 0 fully saturated rings. The molecule has 0 aliphatic heterocycles. The maximum Gasteiger partial charge on any atom is 0.256 e. The van der Waals surface area contributed by atoms with Crippen molar-refractivity contribution in [2.24, 2.45) is 0 Å². The minimum absolute atomic E-state index is 0.139. The SMILES string of the molecule is Cc1ccc(C(=O)Nc2cc(C(C)(C)C)nn2-c2ccccn2)cc1C. The van der Waals surface area contributed by atoms with Gasteiger partial charge in [0, 0.05) is 23.2 Å². The summed E-state index contributed by atoms with van der Waals surface area (Å²) in [6.07, 6.45) is 1.71. The summed E-state index contributed by atoms with van der Waals surface area (Å²) in [5.41, 5.74) is 3.62. The number of carbonyl (C=O) groups is 1. The monoisotopic (exact) mass is 348 g/mol. The van der Waals surface area contributed by atoms with Crippen molar-refractivity contribution in [3.05, 3.63) is 71.0 Å². The maximum absolute atomic E-state index is 12.7. The molecule has 0 aliphatic carbocycles. The normalized spacial score (nSPS) is 11.4. The number of carbonyl (C=O) groups excluding carboxylic acids is 1. The Morgan fingerprint density at radius 3 is 2.42 bits per heavy atom. The molecule has 5 nitrogen and oxygen atoms in total. The summed E-state index contributed by atoms with van der Waals surface area (Å²) in [6, 6.07) is 13.2. The minimum atomic E-state index is -0.161. The lowest BCUT2D eigenvalue weighted by Gasteiger charge is -2.13. The average Bonchev–Trinajstić information content (AvgIpc) is 3.02. The molecule has 1 N–H and O–H groups in total. The Bertz CT molecular complexity index is 936. The van der Waals surface area contributed by atoms with Crippen LogP contribution in [0.25, 0.3) is 5.82 Å². The molecule has 0 saturated carbocycles. The van der Waals surface area contributed by atoms with E-state index >= 15 is 0 Å². The molecule has 1 aromatic carbocycles. The molecular weight excluding hydrogens is 324 g/mol. The largest absolute Gasteiger partial charge is 0.306 e. The summed E-state index contributed by atoms with van der Waals surface area (Å²) in [5, 5.41) is 7.66. The Labute approximate surface area is 154 Å². The van der Waals surface area contributed by atoms with E-state index in [0.29, 0.717) is 17.2 Å². The first-order valence-electron chi connectivity index (χ1n) is 8.66. The number of aromatic nitrogens is 3. The summed E-state index contributed by atoms with van der Waals surface area (Å²) in [5.74, 6) is 1.11. The Kier molecular flexibility index (Phi) is 4.64. The summed E-state index contributed by atoms with van der Waals surface area (Å²) >= 11 is 0. The second-order valence-corrected chi connectivity index (χ2v) is 7.52. The van der Waals surface area contributed by atoms with Crippen LogP contribution in [0.5, 0.6) is 0 Å². The standard InChI is InChI=1S/C21H24N4O/c1-14-9-10-16(12-15(14)2)20(26)23-19-13-17(21(3,4)5)24-25(19)18-8-6-7-11-22-18/h6-13H,1-5H3,(H,23,26). The van der Waals surface area contributed by atoms with E-state index in [4.69, 9.17) is 0 Å². The molecule has 5 heteroatoms. The van der Waals surface area contributed by atoms with Crippen LogP contribution in [0.3, 0.4) is 0 Å². The molecule has 0 bridgehead atoms. The summed E-state index contributed by atoms with van der Waals surface area (Å²) < 4.78 is 1.68. The zero-order valence-electron chi connectivity index (χ0n) is 15.9. The van der Waals surface area contributed by atoms with E-state index in [9.17, 15) is 4.79 Å². The molecule has 2 aromatic heterocycles. The Morgan fingerprint density at radius 1 is 1.04 bits per heavy atom. The quantitative estimate of drug-likeness (QED) is 0.761. The fourth-order valence-corrected chi connectivity index (χ4v) is 2.56. The number of hydrogen-bond donors (Lipinski definition) is 1. The van der Waals surface area contributed by atoms with Gasteiger partial charge < -0.3 is 5.32 Å². The van der Waals surface area contributed by atoms with Gasteiger partial charge in [0.1, 0.15) is 5.82 Å². The lowest BCUT2D eigenvalue weighted by Crippen LogP contribution is -2.16. The van der Waals surface area contributed by atoms with E-state index in [2.05, 4.69) is 36.2 Å². The molecular formula is C21H24N4O. The number of amides is 1. The van der Waals surface area contributed by atoms with E-state index in [1.54, 1.807) is 10.9 Å². The molecule has 3 rings (SSSR count). The Morgan fingerprint density at radius 2 is 1.81 bits per heavy atom. The van der Waals surface area contributed by atoms with Crippen molar-refractivity contribution >= 4 is 11.7 Å². The molecule has 2 heterocycles. The molecule has 0 saturated heterocycles. The lowest BCUT2D eigenvalue weighted by atomic mass is 9.92. The summed E-state index contributed by atoms with van der Waals surface area (Å²) in [6.45, 7) is 10.3. The number of pyridine rings is 1. The minimum Gasteiger partial charge on any atom is -0.306 e. The first-order chi connectivity index (χ1) is 12.3. The fraction of sp³-hybridized carbons (Fsp3) is 0.286. The van der Waals surface area contributed by atoms with Crippen LogP contribution < -0.4 is 5.32 Å². The van der Waals surface area contributed by atoms with E-state index in [1.807, 2.05) is 56.3 Å². The Hall–Kier alpha value is -2.95. The van der Waals surface area contributed by atoms with Gasteiger partial charge in [-0.1, -0.05) is 32.9 Å². The van der Waals surface area contributed by atoms with E-state index in [1.165, 1.54) is 0 Å². The van der Waals surface area contributed by atoms with Gasteiger partial charge in [0.05, 0.1) is 5.69 Å². The number of benzene rings is 1. The molecule has 134 valence electrons. The van der Waals surface area contributed by atoms with Gasteiger partial charge in [-0.2, -0.15) is 9.78 Å². The van der Waals surface area contributed by atoms with Crippen molar-refractivity contribution in [2.75, 3.05) is 5.32 Å². The molecule has 0 aliphatic rings. The summed E-state index contributed by atoms with van der Waals surface area (Å²) in [7, 11) is 0. The van der Waals surface area contributed by atoms with Crippen LogP contribution in [0.2, 0.25) is 0 Å². The third kappa shape index (κ3) is 3.67. The summed E-state index contributed by atoms with van der Waals surface area (Å²) in [4.78, 5) is 17.1. The number of hydrogen-bond acceptors (Lipinski definition) is 3. The van der Waals surface area contributed by atoms with Crippen molar-refractivity contribution in [3.8, 4) is 5.82 Å². The number of anilines is 1. The third-order valence-corrected chi connectivity index (χ3v) is 4.35. The van der Waals surface area contributed by atoms with Crippen LogP contribution in [0.15, 0.2) is 48.7 Å². The number of rotatable bonds is 3. The van der Waals surface area contributed by atoms with Crippen LogP contribution >= 0.6 is 0 Å². The smallest absolute Gasteiger partial charge is 0.256 e. The topological polar surface area (TPSA) is 59.8 Å². The highest BCUT2D eigenvalue weighted by Gasteiger charge is 2.22. The zero-order valence-corrected chi connectivity index (χ0v) is 15.9. The highest BCUT2D eigenvalue weighted by Crippen LogP contribution is 2.26. The predicted octanol–water partition coefficient (Wildman–Crippen LogP) is 4.43. The van der Waals surface area contributed by atoms with Crippen LogP contribution in [0.1, 0.15) is 48.0 Å². The van der Waals surface area contributed by atoms with Gasteiger partial charge in [0.15, 0.2) is 5.82 Å². The van der Waals surface area contributed by atoms with Gasteiger partial charge in [0.25, 0.3) is 5.91 Å². The van der Waals surface area contributed by atoms with Gasteiger partial charge in [0.2, 0.25) is 0 Å². The highest BCUT2D eigenvalue weighted by atomic mass is 16.1. The van der Waals surface area contributed by atoms with Gasteiger partial charge in [-0.15, -0.1) is 0 Å². The molecule has 0 radical (unpaired) electrons. The molecule has 0 atom stereocenters. The van der Waals surface area contributed by atoms with Crippen LogP contribution in [-0.4, -0.2) is 20.7 Å². The van der Waals surface area contributed by atoms with Crippen LogP contribution in [0, 0.1) is 13.8 Å². The van der Waals surface area contributed by atoms with Crippen molar-refractivity contribution < 1.29 is 4.79 Å². The number of aryl methyl sites for hydroxylation is 2. The van der Waals surface area contributed by atoms with Gasteiger partial charge in [-0.25, -0.2) is 4.98 Å². The fourth-order valence-electron chi connectivity index (χ4n) is 2.56. The van der Waals surface area contributed by atoms with E-state index in [0.717, 1.165) is 16.8 Å². The predicted molar refractivity (Wildman–Crippen MR) is 104 cm³/mol. The van der Waals surface area contributed by atoms with Crippen molar-refractivity contribution in [3.63, 3.8) is 0 Å². The molecule has 0 unspecified atom stereocenters. The molecule has 0 spiro atoms. The first-order valence-corrected chi connectivity index (χ1v) is 8.66. The van der Waals surface area contributed by atoms with Crippen molar-refractivity contribution in [1.29, 1.82) is 0 Å². The van der Waals surface area contributed by atoms with Crippen molar-refractivity contribution in [2.45, 2.75) is 40.0 Å². The van der Waals surface area contributed by atoms with Gasteiger partial charge >= 0.3 is 0 Å². The van der Waals surface area contributed by atoms with E-state index < -0.39 is 0 Å². The molecule has 3 aromatic rings. The molecule has 1 amide bonds.